The van der Waals surface area contributed by atoms with Crippen LogP contribution in [0.25, 0.3) is 0 Å². The van der Waals surface area contributed by atoms with Crippen molar-refractivity contribution >= 4 is 15.9 Å². The molecule has 18 heavy (non-hydrogen) atoms. The molecule has 1 rings (SSSR count). The van der Waals surface area contributed by atoms with E-state index < -0.39 is 10.0 Å². The Morgan fingerprint density at radius 2 is 2.11 bits per heavy atom. The lowest BCUT2D eigenvalue weighted by Crippen LogP contribution is -2.27. The molecule has 100 valence electrons. The normalized spacial score (nSPS) is 11.2. The molecule has 0 radical (unpaired) electrons. The summed E-state index contributed by atoms with van der Waals surface area (Å²) in [5.41, 5.74) is 0.298. The number of rotatable bonds is 6. The Labute approximate surface area is 106 Å². The van der Waals surface area contributed by atoms with Crippen molar-refractivity contribution in [1.82, 2.24) is 10.0 Å². The van der Waals surface area contributed by atoms with Crippen molar-refractivity contribution in [3.05, 3.63) is 29.8 Å². The minimum Gasteiger partial charge on any atom is -0.383 e. The summed E-state index contributed by atoms with van der Waals surface area (Å²) in [4.78, 5) is 11.5. The van der Waals surface area contributed by atoms with Crippen molar-refractivity contribution in [3.63, 3.8) is 0 Å². The summed E-state index contributed by atoms with van der Waals surface area (Å²) in [6.45, 7) is 0.470. The van der Waals surface area contributed by atoms with Crippen molar-refractivity contribution in [2.75, 3.05) is 27.3 Å². The Morgan fingerprint density at radius 3 is 2.72 bits per heavy atom. The second kappa shape index (κ2) is 6.48. The molecule has 1 aromatic rings. The topological polar surface area (TPSA) is 84.5 Å². The molecular weight excluding hydrogens is 256 g/mol. The molecule has 0 bridgehead atoms. The molecule has 0 spiro atoms. The van der Waals surface area contributed by atoms with Crippen LogP contribution in [-0.4, -0.2) is 41.6 Å². The van der Waals surface area contributed by atoms with E-state index in [0.717, 1.165) is 0 Å². The summed E-state index contributed by atoms with van der Waals surface area (Å²) in [5, 5.41) is 2.44. The number of carbonyl (C=O) groups is 1. The summed E-state index contributed by atoms with van der Waals surface area (Å²) in [7, 11) is -0.634. The van der Waals surface area contributed by atoms with Crippen LogP contribution in [0.1, 0.15) is 10.4 Å². The van der Waals surface area contributed by atoms with E-state index in [1.54, 1.807) is 6.07 Å². The molecule has 0 aliphatic carbocycles. The number of hydrogen-bond donors (Lipinski definition) is 2. The molecule has 0 heterocycles. The third kappa shape index (κ3) is 3.80. The van der Waals surface area contributed by atoms with E-state index in [9.17, 15) is 13.2 Å². The molecule has 0 saturated carbocycles. The lowest BCUT2D eigenvalue weighted by Gasteiger charge is -2.07. The number of benzene rings is 1. The second-order valence-corrected chi connectivity index (χ2v) is 5.26. The van der Waals surface area contributed by atoms with Crippen LogP contribution in [0.15, 0.2) is 29.2 Å². The highest BCUT2D eigenvalue weighted by atomic mass is 32.2. The highest BCUT2D eigenvalue weighted by molar-refractivity contribution is 7.89. The van der Waals surface area contributed by atoms with E-state index >= 15 is 0 Å². The van der Waals surface area contributed by atoms with E-state index in [0.29, 0.717) is 5.56 Å². The number of carbonyl (C=O) groups excluding carboxylic acids is 1. The second-order valence-electron chi connectivity index (χ2n) is 3.50. The van der Waals surface area contributed by atoms with Gasteiger partial charge in [-0.15, -0.1) is 0 Å². The summed E-state index contributed by atoms with van der Waals surface area (Å²) in [6.07, 6.45) is 0. The molecule has 0 aliphatic heterocycles. The van der Waals surface area contributed by atoms with Crippen LogP contribution in [-0.2, 0) is 14.8 Å². The zero-order chi connectivity index (χ0) is 13.6. The number of hydrogen-bond acceptors (Lipinski definition) is 4. The van der Waals surface area contributed by atoms with Crippen LogP contribution >= 0.6 is 0 Å². The van der Waals surface area contributed by atoms with Crippen molar-refractivity contribution in [1.29, 1.82) is 0 Å². The molecule has 6 nitrogen and oxygen atoms in total. The van der Waals surface area contributed by atoms with Gasteiger partial charge in [-0.25, -0.2) is 13.1 Å². The average molecular weight is 272 g/mol. The fraction of sp³-hybridized carbons (Fsp3) is 0.364. The van der Waals surface area contributed by atoms with Gasteiger partial charge in [-0.2, -0.15) is 0 Å². The number of sulfonamides is 1. The summed E-state index contributed by atoms with van der Waals surface area (Å²) >= 11 is 0. The molecule has 2 N–H and O–H groups in total. The van der Waals surface area contributed by atoms with Crippen LogP contribution in [0.3, 0.4) is 0 Å². The number of amides is 1. The summed E-state index contributed by atoms with van der Waals surface area (Å²) in [5.74, 6) is -0.330. The first-order valence-corrected chi connectivity index (χ1v) is 6.80. The Balaban J connectivity index is 2.92. The van der Waals surface area contributed by atoms with Gasteiger partial charge in [0.2, 0.25) is 10.0 Å². The number of nitrogens with one attached hydrogen (secondary N) is 2. The first kappa shape index (κ1) is 14.6. The number of ether oxygens (including phenoxy) is 1. The molecule has 0 aromatic heterocycles. The van der Waals surface area contributed by atoms with Crippen LogP contribution in [0.5, 0.6) is 0 Å². The van der Waals surface area contributed by atoms with Crippen LogP contribution in [0, 0.1) is 0 Å². The van der Waals surface area contributed by atoms with Gasteiger partial charge in [0, 0.05) is 26.3 Å². The van der Waals surface area contributed by atoms with Crippen LogP contribution in [0.2, 0.25) is 0 Å². The zero-order valence-electron chi connectivity index (χ0n) is 10.3. The number of methoxy groups -OCH3 is 1. The van der Waals surface area contributed by atoms with Gasteiger partial charge >= 0.3 is 0 Å². The van der Waals surface area contributed by atoms with E-state index in [2.05, 4.69) is 10.0 Å². The molecule has 7 heteroatoms. The Hall–Kier alpha value is -1.44. The SMILES string of the molecule is CNC(=O)c1cccc(S(=O)(=O)NCCOC)c1. The quantitative estimate of drug-likeness (QED) is 0.712. The van der Waals surface area contributed by atoms with E-state index in [1.165, 1.54) is 32.4 Å². The van der Waals surface area contributed by atoms with E-state index in [4.69, 9.17) is 4.74 Å². The van der Waals surface area contributed by atoms with Gasteiger partial charge in [0.05, 0.1) is 11.5 Å². The van der Waals surface area contributed by atoms with Gasteiger partial charge in [-0.3, -0.25) is 4.79 Å². The van der Waals surface area contributed by atoms with Crippen molar-refractivity contribution in [2.45, 2.75) is 4.90 Å². The first-order valence-electron chi connectivity index (χ1n) is 5.32. The first-order chi connectivity index (χ1) is 8.51. The van der Waals surface area contributed by atoms with Crippen molar-refractivity contribution < 1.29 is 17.9 Å². The van der Waals surface area contributed by atoms with Crippen molar-refractivity contribution in [2.24, 2.45) is 0 Å². The standard InChI is InChI=1S/C11H16N2O4S/c1-12-11(14)9-4-3-5-10(8-9)18(15,16)13-6-7-17-2/h3-5,8,13H,6-7H2,1-2H3,(H,12,14). The van der Waals surface area contributed by atoms with E-state index in [1.807, 2.05) is 0 Å². The summed E-state index contributed by atoms with van der Waals surface area (Å²) < 4.78 is 30.9. The van der Waals surface area contributed by atoms with Gasteiger partial charge in [0.25, 0.3) is 5.91 Å². The third-order valence-corrected chi connectivity index (χ3v) is 3.69. The molecule has 0 unspecified atom stereocenters. The maximum absolute atomic E-state index is 11.9. The molecule has 0 saturated heterocycles. The molecule has 0 fully saturated rings. The molecular formula is C11H16N2O4S. The average Bonchev–Trinajstić information content (AvgIpc) is 2.38. The molecule has 0 aliphatic rings. The monoisotopic (exact) mass is 272 g/mol. The van der Waals surface area contributed by atoms with Crippen molar-refractivity contribution in [3.8, 4) is 0 Å². The Morgan fingerprint density at radius 1 is 1.39 bits per heavy atom. The van der Waals surface area contributed by atoms with Gasteiger partial charge < -0.3 is 10.1 Å². The predicted octanol–water partition coefficient (Wildman–Crippen LogP) is -0.0291. The van der Waals surface area contributed by atoms with Gasteiger partial charge in [-0.05, 0) is 18.2 Å². The predicted molar refractivity (Wildman–Crippen MR) is 66.9 cm³/mol. The summed E-state index contributed by atoms with van der Waals surface area (Å²) in [6, 6.07) is 5.83. The fourth-order valence-electron chi connectivity index (χ4n) is 1.31. The zero-order valence-corrected chi connectivity index (χ0v) is 11.1. The Kier molecular flexibility index (Phi) is 5.26. The largest absolute Gasteiger partial charge is 0.383 e. The van der Waals surface area contributed by atoms with Gasteiger partial charge in [0.1, 0.15) is 0 Å². The van der Waals surface area contributed by atoms with Gasteiger partial charge in [0.15, 0.2) is 0 Å². The maximum Gasteiger partial charge on any atom is 0.251 e. The Bertz CT molecular complexity index is 514. The molecule has 0 atom stereocenters. The smallest absolute Gasteiger partial charge is 0.251 e. The fourth-order valence-corrected chi connectivity index (χ4v) is 2.37. The van der Waals surface area contributed by atoms with Gasteiger partial charge in [-0.1, -0.05) is 6.07 Å². The minimum atomic E-state index is -3.61. The van der Waals surface area contributed by atoms with Crippen LogP contribution < -0.4 is 10.0 Å². The minimum absolute atomic E-state index is 0.0553. The van der Waals surface area contributed by atoms with Crippen LogP contribution in [0.4, 0.5) is 0 Å². The lowest BCUT2D eigenvalue weighted by atomic mass is 10.2. The van der Waals surface area contributed by atoms with E-state index in [-0.39, 0.29) is 24.0 Å². The highest BCUT2D eigenvalue weighted by Crippen LogP contribution is 2.11. The molecule has 1 amide bonds. The third-order valence-electron chi connectivity index (χ3n) is 2.23. The lowest BCUT2D eigenvalue weighted by molar-refractivity contribution is 0.0963. The highest BCUT2D eigenvalue weighted by Gasteiger charge is 2.15. The maximum atomic E-state index is 11.9. The molecule has 1 aromatic carbocycles.